The zero-order chi connectivity index (χ0) is 10.2. The zero-order valence-electron chi connectivity index (χ0n) is 7.78. The van der Waals surface area contributed by atoms with E-state index in [2.05, 4.69) is 9.50 Å². The average Bonchev–Trinajstić information content (AvgIpc) is 2.01. The van der Waals surface area contributed by atoms with Crippen molar-refractivity contribution >= 4 is 31.7 Å². The molecule has 0 atom stereocenters. The van der Waals surface area contributed by atoms with E-state index in [4.69, 9.17) is 0 Å². The average molecular weight is 245 g/mol. The van der Waals surface area contributed by atoms with Gasteiger partial charge in [-0.15, -0.1) is 0 Å². The first-order valence-electron chi connectivity index (χ1n) is 3.79. The SMILES string of the molecule is CNCCSSCCOS(C)(=O)=O. The first-order valence-corrected chi connectivity index (χ1v) is 8.10. The van der Waals surface area contributed by atoms with Gasteiger partial charge in [-0.05, 0) is 7.05 Å². The summed E-state index contributed by atoms with van der Waals surface area (Å²) in [4.78, 5) is 0. The van der Waals surface area contributed by atoms with E-state index in [1.165, 1.54) is 0 Å². The Balaban J connectivity index is 3.09. The molecule has 0 saturated heterocycles. The fourth-order valence-electron chi connectivity index (χ4n) is 0.481. The molecule has 0 aromatic heterocycles. The lowest BCUT2D eigenvalue weighted by Crippen LogP contribution is -2.09. The Morgan fingerprint density at radius 1 is 1.31 bits per heavy atom. The minimum absolute atomic E-state index is 0.260. The lowest BCUT2D eigenvalue weighted by Gasteiger charge is -2.00. The highest BCUT2D eigenvalue weighted by atomic mass is 33.1. The largest absolute Gasteiger partial charge is 0.319 e. The fraction of sp³-hybridized carbons (Fsp3) is 1.00. The summed E-state index contributed by atoms with van der Waals surface area (Å²) in [6.07, 6.45) is 1.06. The normalized spacial score (nSPS) is 11.8. The van der Waals surface area contributed by atoms with Crippen LogP contribution in [0.25, 0.3) is 0 Å². The van der Waals surface area contributed by atoms with Crippen LogP contribution >= 0.6 is 21.6 Å². The molecule has 13 heavy (non-hydrogen) atoms. The molecule has 0 spiro atoms. The van der Waals surface area contributed by atoms with Crippen LogP contribution < -0.4 is 5.32 Å². The molecule has 0 aliphatic carbocycles. The number of hydrogen-bond donors (Lipinski definition) is 1. The van der Waals surface area contributed by atoms with Gasteiger partial charge in [-0.1, -0.05) is 21.6 Å². The monoisotopic (exact) mass is 245 g/mol. The van der Waals surface area contributed by atoms with Gasteiger partial charge >= 0.3 is 0 Å². The van der Waals surface area contributed by atoms with Crippen molar-refractivity contribution in [2.75, 3.05) is 38.0 Å². The van der Waals surface area contributed by atoms with Gasteiger partial charge in [0.15, 0.2) is 0 Å². The van der Waals surface area contributed by atoms with E-state index in [-0.39, 0.29) is 6.61 Å². The van der Waals surface area contributed by atoms with E-state index < -0.39 is 10.1 Å². The first-order chi connectivity index (χ1) is 6.06. The third-order valence-electron chi connectivity index (χ3n) is 0.983. The van der Waals surface area contributed by atoms with Crippen molar-refractivity contribution in [1.29, 1.82) is 0 Å². The van der Waals surface area contributed by atoms with E-state index >= 15 is 0 Å². The van der Waals surface area contributed by atoms with E-state index in [1.807, 2.05) is 7.05 Å². The van der Waals surface area contributed by atoms with Crippen LogP contribution in [-0.4, -0.2) is 46.4 Å². The lowest BCUT2D eigenvalue weighted by atomic mass is 10.8. The second kappa shape index (κ2) is 7.93. The Bertz CT molecular complexity index is 205. The summed E-state index contributed by atoms with van der Waals surface area (Å²) in [6, 6.07) is 0. The summed E-state index contributed by atoms with van der Waals surface area (Å²) >= 11 is 0. The molecule has 0 unspecified atom stereocenters. The topological polar surface area (TPSA) is 55.4 Å². The molecule has 0 aromatic rings. The predicted octanol–water partition coefficient (Wildman–Crippen LogP) is 0.563. The van der Waals surface area contributed by atoms with Gasteiger partial charge in [0.05, 0.1) is 12.9 Å². The summed E-state index contributed by atoms with van der Waals surface area (Å²) in [5, 5.41) is 3.02. The van der Waals surface area contributed by atoms with Crippen LogP contribution in [0, 0.1) is 0 Å². The van der Waals surface area contributed by atoms with Crippen LogP contribution in [0.4, 0.5) is 0 Å². The van der Waals surface area contributed by atoms with Crippen LogP contribution in [0.3, 0.4) is 0 Å². The number of nitrogens with one attached hydrogen (secondary N) is 1. The molecule has 0 aliphatic rings. The van der Waals surface area contributed by atoms with Crippen molar-refractivity contribution in [1.82, 2.24) is 5.32 Å². The zero-order valence-corrected chi connectivity index (χ0v) is 10.2. The van der Waals surface area contributed by atoms with Crippen molar-refractivity contribution in [2.45, 2.75) is 0 Å². The standard InChI is InChI=1S/C6H15NO3S3/c1-7-3-5-11-12-6-4-10-13(2,8)9/h7H,3-6H2,1-2H3. The quantitative estimate of drug-likeness (QED) is 0.383. The van der Waals surface area contributed by atoms with Gasteiger partial charge in [0, 0.05) is 18.1 Å². The molecule has 0 aromatic carbocycles. The Labute approximate surface area is 87.7 Å². The second-order valence-corrected chi connectivity index (χ2v) is 6.62. The molecule has 0 aliphatic heterocycles. The van der Waals surface area contributed by atoms with E-state index in [0.717, 1.165) is 18.6 Å². The molecule has 0 fully saturated rings. The van der Waals surface area contributed by atoms with Gasteiger partial charge in [0.1, 0.15) is 0 Å². The predicted molar refractivity (Wildman–Crippen MR) is 59.6 cm³/mol. The van der Waals surface area contributed by atoms with E-state index in [1.54, 1.807) is 21.6 Å². The van der Waals surface area contributed by atoms with Gasteiger partial charge in [0.2, 0.25) is 0 Å². The van der Waals surface area contributed by atoms with Gasteiger partial charge in [-0.3, -0.25) is 4.18 Å². The smallest absolute Gasteiger partial charge is 0.264 e. The third-order valence-corrected chi connectivity index (χ3v) is 3.95. The molecule has 80 valence electrons. The first kappa shape index (κ1) is 13.6. The summed E-state index contributed by atoms with van der Waals surface area (Å²) in [7, 11) is 1.97. The molecule has 0 saturated carbocycles. The maximum Gasteiger partial charge on any atom is 0.264 e. The van der Waals surface area contributed by atoms with Crippen molar-refractivity contribution < 1.29 is 12.6 Å². The maximum atomic E-state index is 10.5. The highest BCUT2D eigenvalue weighted by molar-refractivity contribution is 8.76. The molecule has 0 amide bonds. The Hall–Kier alpha value is 0.570. The minimum Gasteiger partial charge on any atom is -0.319 e. The number of hydrogen-bond acceptors (Lipinski definition) is 6. The van der Waals surface area contributed by atoms with E-state index in [9.17, 15) is 8.42 Å². The fourth-order valence-corrected chi connectivity index (χ4v) is 2.81. The highest BCUT2D eigenvalue weighted by Crippen LogP contribution is 2.19. The molecule has 0 radical (unpaired) electrons. The summed E-state index contributed by atoms with van der Waals surface area (Å²) < 4.78 is 25.6. The molecular weight excluding hydrogens is 230 g/mol. The summed E-state index contributed by atoms with van der Waals surface area (Å²) in [5.74, 6) is 1.71. The number of rotatable bonds is 8. The molecule has 0 bridgehead atoms. The molecular formula is C6H15NO3S3. The summed E-state index contributed by atoms with van der Waals surface area (Å²) in [6.45, 7) is 1.22. The van der Waals surface area contributed by atoms with Crippen molar-refractivity contribution in [3.63, 3.8) is 0 Å². The lowest BCUT2D eigenvalue weighted by molar-refractivity contribution is 0.345. The molecule has 0 heterocycles. The molecule has 4 nitrogen and oxygen atoms in total. The maximum absolute atomic E-state index is 10.5. The Morgan fingerprint density at radius 3 is 2.46 bits per heavy atom. The molecule has 1 N–H and O–H groups in total. The van der Waals surface area contributed by atoms with Crippen molar-refractivity contribution in [2.24, 2.45) is 0 Å². The third kappa shape index (κ3) is 12.6. The van der Waals surface area contributed by atoms with Gasteiger partial charge in [-0.25, -0.2) is 0 Å². The van der Waals surface area contributed by atoms with Crippen LogP contribution in [0.15, 0.2) is 0 Å². The molecule has 7 heteroatoms. The Kier molecular flexibility index (Phi) is 8.27. The van der Waals surface area contributed by atoms with E-state index in [0.29, 0.717) is 5.75 Å². The van der Waals surface area contributed by atoms with Crippen molar-refractivity contribution in [3.05, 3.63) is 0 Å². The van der Waals surface area contributed by atoms with Gasteiger partial charge in [0.25, 0.3) is 10.1 Å². The Morgan fingerprint density at radius 2 is 1.92 bits per heavy atom. The van der Waals surface area contributed by atoms with Crippen LogP contribution in [0.5, 0.6) is 0 Å². The van der Waals surface area contributed by atoms with Gasteiger partial charge in [-0.2, -0.15) is 8.42 Å². The van der Waals surface area contributed by atoms with Crippen LogP contribution in [-0.2, 0) is 14.3 Å². The van der Waals surface area contributed by atoms with Gasteiger partial charge < -0.3 is 5.32 Å². The minimum atomic E-state index is -3.26. The van der Waals surface area contributed by atoms with Crippen molar-refractivity contribution in [3.8, 4) is 0 Å². The van der Waals surface area contributed by atoms with Crippen LogP contribution in [0.2, 0.25) is 0 Å². The molecule has 0 rings (SSSR count). The summed E-state index contributed by atoms with van der Waals surface area (Å²) in [5.41, 5.74) is 0. The highest BCUT2D eigenvalue weighted by Gasteiger charge is 2.00. The second-order valence-electron chi connectivity index (χ2n) is 2.27. The van der Waals surface area contributed by atoms with Crippen LogP contribution in [0.1, 0.15) is 0 Å².